The SMILES string of the molecule is C=C(C)C.Nc1cc(O)ccc1O. The Morgan fingerprint density at radius 2 is 1.77 bits per heavy atom. The molecule has 0 amide bonds. The van der Waals surface area contributed by atoms with Crippen LogP contribution >= 0.6 is 0 Å². The zero-order chi connectivity index (χ0) is 10.4. The summed E-state index contributed by atoms with van der Waals surface area (Å²) in [6.45, 7) is 7.50. The molecule has 0 aliphatic heterocycles. The van der Waals surface area contributed by atoms with Crippen molar-refractivity contribution in [3.05, 3.63) is 30.4 Å². The van der Waals surface area contributed by atoms with Gasteiger partial charge in [0.25, 0.3) is 0 Å². The summed E-state index contributed by atoms with van der Waals surface area (Å²) in [7, 11) is 0. The Labute approximate surface area is 78.1 Å². The molecule has 0 radical (unpaired) electrons. The van der Waals surface area contributed by atoms with Gasteiger partial charge in [-0.3, -0.25) is 0 Å². The first kappa shape index (κ1) is 11.4. The molecule has 0 atom stereocenters. The van der Waals surface area contributed by atoms with Gasteiger partial charge in [0.05, 0.1) is 5.69 Å². The third-order valence-electron chi connectivity index (χ3n) is 1.01. The van der Waals surface area contributed by atoms with E-state index in [-0.39, 0.29) is 17.2 Å². The van der Waals surface area contributed by atoms with Gasteiger partial charge in [0, 0.05) is 6.07 Å². The van der Waals surface area contributed by atoms with Gasteiger partial charge < -0.3 is 15.9 Å². The van der Waals surface area contributed by atoms with Crippen LogP contribution in [0.25, 0.3) is 0 Å². The Balaban J connectivity index is 0.000000310. The topological polar surface area (TPSA) is 66.5 Å². The summed E-state index contributed by atoms with van der Waals surface area (Å²) in [4.78, 5) is 0. The molecule has 1 aromatic rings. The van der Waals surface area contributed by atoms with Gasteiger partial charge in [-0.05, 0) is 26.0 Å². The number of phenolic OH excluding ortho intramolecular Hbond substituents is 2. The Hall–Kier alpha value is -1.64. The molecule has 72 valence electrons. The number of rotatable bonds is 0. The molecular formula is C10H15NO2. The first-order valence-corrected chi connectivity index (χ1v) is 3.83. The van der Waals surface area contributed by atoms with Crippen LogP contribution in [-0.2, 0) is 0 Å². The van der Waals surface area contributed by atoms with Crippen LogP contribution in [0.3, 0.4) is 0 Å². The number of hydrogen-bond donors (Lipinski definition) is 3. The van der Waals surface area contributed by atoms with Gasteiger partial charge in [-0.2, -0.15) is 0 Å². The zero-order valence-corrected chi connectivity index (χ0v) is 7.91. The molecule has 1 aromatic carbocycles. The fourth-order valence-electron chi connectivity index (χ4n) is 0.542. The molecule has 3 heteroatoms. The zero-order valence-electron chi connectivity index (χ0n) is 7.91. The average Bonchev–Trinajstić information content (AvgIpc) is 1.96. The van der Waals surface area contributed by atoms with E-state index >= 15 is 0 Å². The van der Waals surface area contributed by atoms with Crippen LogP contribution in [0.4, 0.5) is 5.69 Å². The molecule has 0 fully saturated rings. The van der Waals surface area contributed by atoms with Crippen LogP contribution in [0.15, 0.2) is 30.4 Å². The van der Waals surface area contributed by atoms with Gasteiger partial charge >= 0.3 is 0 Å². The van der Waals surface area contributed by atoms with Crippen molar-refractivity contribution in [3.8, 4) is 11.5 Å². The van der Waals surface area contributed by atoms with Crippen LogP contribution in [-0.4, -0.2) is 10.2 Å². The number of nitrogens with two attached hydrogens (primary N) is 1. The molecule has 0 aliphatic carbocycles. The lowest BCUT2D eigenvalue weighted by Crippen LogP contribution is -1.83. The highest BCUT2D eigenvalue weighted by atomic mass is 16.3. The molecule has 0 bridgehead atoms. The fourth-order valence-corrected chi connectivity index (χ4v) is 0.542. The molecule has 3 nitrogen and oxygen atoms in total. The van der Waals surface area contributed by atoms with Gasteiger partial charge in [-0.15, -0.1) is 6.58 Å². The average molecular weight is 181 g/mol. The molecular weight excluding hydrogens is 166 g/mol. The lowest BCUT2D eigenvalue weighted by atomic mass is 10.3. The smallest absolute Gasteiger partial charge is 0.138 e. The predicted octanol–water partition coefficient (Wildman–Crippen LogP) is 2.26. The Bertz CT molecular complexity index is 291. The molecule has 0 aromatic heterocycles. The second-order valence-corrected chi connectivity index (χ2v) is 2.95. The lowest BCUT2D eigenvalue weighted by Gasteiger charge is -1.96. The van der Waals surface area contributed by atoms with E-state index in [4.69, 9.17) is 15.9 Å². The normalized spacial score (nSPS) is 8.46. The third-order valence-corrected chi connectivity index (χ3v) is 1.01. The minimum absolute atomic E-state index is 0.00667. The number of anilines is 1. The summed E-state index contributed by atoms with van der Waals surface area (Å²) in [5, 5.41) is 17.6. The van der Waals surface area contributed by atoms with E-state index in [1.807, 2.05) is 13.8 Å². The van der Waals surface area contributed by atoms with Gasteiger partial charge in [0.2, 0.25) is 0 Å². The summed E-state index contributed by atoms with van der Waals surface area (Å²) in [6.07, 6.45) is 0. The van der Waals surface area contributed by atoms with Gasteiger partial charge in [0.1, 0.15) is 11.5 Å². The molecule has 0 aliphatic rings. The number of benzene rings is 1. The second-order valence-electron chi connectivity index (χ2n) is 2.95. The molecule has 4 N–H and O–H groups in total. The van der Waals surface area contributed by atoms with Crippen molar-refractivity contribution in [3.63, 3.8) is 0 Å². The fraction of sp³-hybridized carbons (Fsp3) is 0.200. The molecule has 0 saturated heterocycles. The van der Waals surface area contributed by atoms with E-state index in [9.17, 15) is 0 Å². The lowest BCUT2D eigenvalue weighted by molar-refractivity contribution is 0.462. The van der Waals surface area contributed by atoms with E-state index in [1.165, 1.54) is 23.8 Å². The number of phenols is 2. The molecule has 0 spiro atoms. The van der Waals surface area contributed by atoms with Crippen molar-refractivity contribution >= 4 is 5.69 Å². The van der Waals surface area contributed by atoms with Crippen LogP contribution in [0.2, 0.25) is 0 Å². The highest BCUT2D eigenvalue weighted by Gasteiger charge is 1.94. The summed E-state index contributed by atoms with van der Waals surface area (Å²) in [5.41, 5.74) is 6.57. The standard InChI is InChI=1S/C6H7NO2.C4H8/c7-5-3-4(8)1-2-6(5)9;1-4(2)3/h1-3,8-9H,7H2;1H2,2-3H3. The number of nitrogen functional groups attached to an aromatic ring is 1. The molecule has 0 heterocycles. The summed E-state index contributed by atoms with van der Waals surface area (Å²) in [6, 6.07) is 3.99. The number of aromatic hydroxyl groups is 2. The van der Waals surface area contributed by atoms with Crippen molar-refractivity contribution < 1.29 is 10.2 Å². The quantitative estimate of drug-likeness (QED) is 0.249. The summed E-state index contributed by atoms with van der Waals surface area (Å²) < 4.78 is 0. The van der Waals surface area contributed by atoms with Crippen molar-refractivity contribution in [1.82, 2.24) is 0 Å². The second kappa shape index (κ2) is 5.09. The van der Waals surface area contributed by atoms with Crippen LogP contribution < -0.4 is 5.73 Å². The van der Waals surface area contributed by atoms with Crippen molar-refractivity contribution in [2.75, 3.05) is 5.73 Å². The maximum atomic E-state index is 8.81. The van der Waals surface area contributed by atoms with Gasteiger partial charge in [0.15, 0.2) is 0 Å². The maximum Gasteiger partial charge on any atom is 0.138 e. The number of allylic oxidation sites excluding steroid dienone is 1. The van der Waals surface area contributed by atoms with E-state index in [2.05, 4.69) is 6.58 Å². The van der Waals surface area contributed by atoms with E-state index in [1.54, 1.807) is 0 Å². The predicted molar refractivity (Wildman–Crippen MR) is 54.7 cm³/mol. The van der Waals surface area contributed by atoms with Crippen molar-refractivity contribution in [1.29, 1.82) is 0 Å². The molecule has 13 heavy (non-hydrogen) atoms. The minimum atomic E-state index is -0.00667. The van der Waals surface area contributed by atoms with E-state index in [0.717, 1.165) is 0 Å². The minimum Gasteiger partial charge on any atom is -0.508 e. The third kappa shape index (κ3) is 5.61. The van der Waals surface area contributed by atoms with E-state index in [0.29, 0.717) is 0 Å². The van der Waals surface area contributed by atoms with Gasteiger partial charge in [-0.25, -0.2) is 0 Å². The van der Waals surface area contributed by atoms with Crippen molar-refractivity contribution in [2.45, 2.75) is 13.8 Å². The van der Waals surface area contributed by atoms with Crippen LogP contribution in [0.5, 0.6) is 11.5 Å². The molecule has 0 saturated carbocycles. The highest BCUT2D eigenvalue weighted by molar-refractivity contribution is 5.54. The maximum absolute atomic E-state index is 8.81. The Kier molecular flexibility index (Phi) is 4.44. The first-order chi connectivity index (χ1) is 5.93. The number of hydrogen-bond acceptors (Lipinski definition) is 3. The van der Waals surface area contributed by atoms with Gasteiger partial charge in [-0.1, -0.05) is 5.57 Å². The monoisotopic (exact) mass is 181 g/mol. The highest BCUT2D eigenvalue weighted by Crippen LogP contribution is 2.23. The Morgan fingerprint density at radius 3 is 2.08 bits per heavy atom. The largest absolute Gasteiger partial charge is 0.508 e. The van der Waals surface area contributed by atoms with Crippen LogP contribution in [0.1, 0.15) is 13.8 Å². The summed E-state index contributed by atoms with van der Waals surface area (Å²) in [5.74, 6) is 0.0538. The van der Waals surface area contributed by atoms with Crippen molar-refractivity contribution in [2.24, 2.45) is 0 Å². The Morgan fingerprint density at radius 1 is 1.31 bits per heavy atom. The molecule has 1 rings (SSSR count). The summed E-state index contributed by atoms with van der Waals surface area (Å²) >= 11 is 0. The first-order valence-electron chi connectivity index (χ1n) is 3.83. The molecule has 0 unspecified atom stereocenters. The van der Waals surface area contributed by atoms with Crippen LogP contribution in [0, 0.1) is 0 Å². The van der Waals surface area contributed by atoms with E-state index < -0.39 is 0 Å².